The molecule has 1 N–H and O–H groups in total. The second kappa shape index (κ2) is 9.79. The fourth-order valence-electron chi connectivity index (χ4n) is 2.00. The van der Waals surface area contributed by atoms with Crippen molar-refractivity contribution < 1.29 is 14.6 Å². The number of unbranched alkanes of at least 4 members (excludes halogenated alkanes) is 2. The minimum Gasteiger partial charge on any atom is -0.493 e. The van der Waals surface area contributed by atoms with Gasteiger partial charge in [-0.05, 0) is 31.7 Å². The van der Waals surface area contributed by atoms with Gasteiger partial charge in [0.2, 0.25) is 0 Å². The minimum atomic E-state index is -0.771. The third-order valence-corrected chi connectivity index (χ3v) is 3.67. The molecule has 1 aromatic rings. The van der Waals surface area contributed by atoms with Crippen LogP contribution in [0.1, 0.15) is 38.2 Å². The molecule has 4 nitrogen and oxygen atoms in total. The van der Waals surface area contributed by atoms with E-state index in [-0.39, 0.29) is 6.42 Å². The molecule has 0 unspecified atom stereocenters. The van der Waals surface area contributed by atoms with Gasteiger partial charge in [0.15, 0.2) is 0 Å². The van der Waals surface area contributed by atoms with Gasteiger partial charge in [0, 0.05) is 23.1 Å². The van der Waals surface area contributed by atoms with Gasteiger partial charge in [-0.25, -0.2) is 0 Å². The van der Waals surface area contributed by atoms with Crippen LogP contribution in [0.3, 0.4) is 0 Å². The van der Waals surface area contributed by atoms with Gasteiger partial charge in [0.25, 0.3) is 0 Å². The average Bonchev–Trinajstić information content (AvgIpc) is 2.43. The van der Waals surface area contributed by atoms with Crippen LogP contribution >= 0.6 is 15.9 Å². The Hall–Kier alpha value is -1.07. The normalized spacial score (nSPS) is 10.9. The highest BCUT2D eigenvalue weighted by molar-refractivity contribution is 9.10. The molecule has 0 fully saturated rings. The molecule has 0 spiro atoms. The van der Waals surface area contributed by atoms with Crippen molar-refractivity contribution in [2.75, 3.05) is 20.2 Å². The van der Waals surface area contributed by atoms with Crippen LogP contribution in [0.5, 0.6) is 5.75 Å². The molecule has 1 aromatic carbocycles. The van der Waals surface area contributed by atoms with Gasteiger partial charge in [0.05, 0.1) is 13.0 Å². The third-order valence-electron chi connectivity index (χ3n) is 3.18. The maximum atomic E-state index is 10.6. The first-order valence-electron chi connectivity index (χ1n) is 7.34. The summed E-state index contributed by atoms with van der Waals surface area (Å²) in [5.41, 5.74) is 1.08. The number of ether oxygens (including phenoxy) is 1. The Morgan fingerprint density at radius 3 is 2.81 bits per heavy atom. The predicted octanol–water partition coefficient (Wildman–Crippen LogP) is 3.92. The van der Waals surface area contributed by atoms with Crippen molar-refractivity contribution >= 4 is 21.9 Å². The van der Waals surface area contributed by atoms with Crippen LogP contribution in [-0.4, -0.2) is 36.2 Å². The van der Waals surface area contributed by atoms with Gasteiger partial charge in [-0.3, -0.25) is 4.79 Å². The van der Waals surface area contributed by atoms with Crippen molar-refractivity contribution in [1.82, 2.24) is 4.90 Å². The number of hydrogen-bond donors (Lipinski definition) is 1. The minimum absolute atomic E-state index is 0.150. The zero-order valence-electron chi connectivity index (χ0n) is 12.8. The summed E-state index contributed by atoms with van der Waals surface area (Å²) in [7, 11) is 1.92. The van der Waals surface area contributed by atoms with E-state index in [1.54, 1.807) is 0 Å². The summed E-state index contributed by atoms with van der Waals surface area (Å²) in [6.45, 7) is 4.09. The molecule has 0 saturated heterocycles. The van der Waals surface area contributed by atoms with Crippen LogP contribution < -0.4 is 4.74 Å². The molecule has 0 radical (unpaired) electrons. The van der Waals surface area contributed by atoms with Crippen molar-refractivity contribution in [3.05, 3.63) is 28.2 Å². The lowest BCUT2D eigenvalue weighted by Crippen LogP contribution is -2.21. The number of rotatable bonds is 10. The highest BCUT2D eigenvalue weighted by Gasteiger charge is 2.09. The third kappa shape index (κ3) is 7.48. The van der Waals surface area contributed by atoms with E-state index in [0.717, 1.165) is 28.8 Å². The van der Waals surface area contributed by atoms with Crippen LogP contribution in [0, 0.1) is 0 Å². The molecule has 5 heteroatoms. The molecule has 1 rings (SSSR count). The van der Waals surface area contributed by atoms with E-state index in [9.17, 15) is 4.79 Å². The summed E-state index contributed by atoms with van der Waals surface area (Å²) in [5, 5.41) is 8.73. The summed E-state index contributed by atoms with van der Waals surface area (Å²) < 4.78 is 6.86. The molecular formula is C16H24BrNO3. The van der Waals surface area contributed by atoms with Gasteiger partial charge in [-0.2, -0.15) is 0 Å². The van der Waals surface area contributed by atoms with E-state index in [4.69, 9.17) is 9.84 Å². The van der Waals surface area contributed by atoms with E-state index >= 15 is 0 Å². The fourth-order valence-corrected chi connectivity index (χ4v) is 2.41. The number of nitrogens with zero attached hydrogens (tertiary/aromatic N) is 1. The van der Waals surface area contributed by atoms with Gasteiger partial charge >= 0.3 is 5.97 Å². The lowest BCUT2D eigenvalue weighted by Gasteiger charge is -2.18. The summed E-state index contributed by atoms with van der Waals surface area (Å²) >= 11 is 3.47. The Morgan fingerprint density at radius 2 is 2.14 bits per heavy atom. The van der Waals surface area contributed by atoms with E-state index in [2.05, 4.69) is 22.9 Å². The van der Waals surface area contributed by atoms with Gasteiger partial charge in [-0.15, -0.1) is 0 Å². The standard InChI is InChI=1S/C16H24BrNO3/c1-3-4-5-10-21-15-7-6-14(17)11-13(15)12-18(2)9-8-16(19)20/h6-7,11H,3-5,8-10,12H2,1-2H3,(H,19,20). The smallest absolute Gasteiger partial charge is 0.304 e. The summed E-state index contributed by atoms with van der Waals surface area (Å²) in [6, 6.07) is 5.97. The Balaban J connectivity index is 2.61. The second-order valence-electron chi connectivity index (χ2n) is 5.19. The SMILES string of the molecule is CCCCCOc1ccc(Br)cc1CN(C)CCC(=O)O. The number of halogens is 1. The fraction of sp³-hybridized carbons (Fsp3) is 0.562. The number of carbonyl (C=O) groups is 1. The summed E-state index contributed by atoms with van der Waals surface area (Å²) in [5.74, 6) is 0.114. The van der Waals surface area contributed by atoms with Crippen LogP contribution in [-0.2, 0) is 11.3 Å². The van der Waals surface area contributed by atoms with E-state index in [1.165, 1.54) is 12.8 Å². The lowest BCUT2D eigenvalue weighted by atomic mass is 10.2. The lowest BCUT2D eigenvalue weighted by molar-refractivity contribution is -0.137. The molecule has 0 amide bonds. The monoisotopic (exact) mass is 357 g/mol. The van der Waals surface area contributed by atoms with Gasteiger partial charge in [0.1, 0.15) is 5.75 Å². The van der Waals surface area contributed by atoms with Crippen LogP contribution in [0.2, 0.25) is 0 Å². The first-order chi connectivity index (χ1) is 10.0. The first-order valence-corrected chi connectivity index (χ1v) is 8.13. The predicted molar refractivity (Wildman–Crippen MR) is 87.7 cm³/mol. The summed E-state index contributed by atoms with van der Waals surface area (Å²) in [6.07, 6.45) is 3.55. The Morgan fingerprint density at radius 1 is 1.38 bits per heavy atom. The van der Waals surface area contributed by atoms with Crippen molar-refractivity contribution in [3.8, 4) is 5.75 Å². The molecule has 0 aromatic heterocycles. The van der Waals surface area contributed by atoms with Gasteiger partial charge < -0.3 is 14.7 Å². The van der Waals surface area contributed by atoms with E-state index < -0.39 is 5.97 Å². The Kier molecular flexibility index (Phi) is 8.38. The van der Waals surface area contributed by atoms with Crippen molar-refractivity contribution in [3.63, 3.8) is 0 Å². The van der Waals surface area contributed by atoms with Crippen LogP contribution in [0.4, 0.5) is 0 Å². The van der Waals surface area contributed by atoms with Crippen LogP contribution in [0.25, 0.3) is 0 Å². The quantitative estimate of drug-likeness (QED) is 0.644. The average molecular weight is 358 g/mol. The Labute approximate surface area is 135 Å². The summed E-state index contributed by atoms with van der Waals surface area (Å²) in [4.78, 5) is 12.6. The number of hydrogen-bond acceptors (Lipinski definition) is 3. The molecule has 0 aliphatic rings. The molecule has 0 aliphatic carbocycles. The molecule has 21 heavy (non-hydrogen) atoms. The largest absolute Gasteiger partial charge is 0.493 e. The molecule has 0 atom stereocenters. The zero-order chi connectivity index (χ0) is 15.7. The molecule has 0 bridgehead atoms. The molecule has 118 valence electrons. The number of aliphatic carboxylic acids is 1. The van der Waals surface area contributed by atoms with Crippen molar-refractivity contribution in [2.24, 2.45) is 0 Å². The molecular weight excluding hydrogens is 334 g/mol. The second-order valence-corrected chi connectivity index (χ2v) is 6.10. The maximum Gasteiger partial charge on any atom is 0.304 e. The van der Waals surface area contributed by atoms with Crippen LogP contribution in [0.15, 0.2) is 22.7 Å². The Bertz CT molecular complexity index is 451. The highest BCUT2D eigenvalue weighted by atomic mass is 79.9. The van der Waals surface area contributed by atoms with E-state index in [1.807, 2.05) is 30.1 Å². The first kappa shape index (κ1) is 18.0. The van der Waals surface area contributed by atoms with Crippen molar-refractivity contribution in [1.29, 1.82) is 0 Å². The molecule has 0 saturated carbocycles. The van der Waals surface area contributed by atoms with Gasteiger partial charge in [-0.1, -0.05) is 35.7 Å². The van der Waals surface area contributed by atoms with E-state index in [0.29, 0.717) is 13.1 Å². The maximum absolute atomic E-state index is 10.6. The number of carboxylic acid groups (broad SMARTS) is 1. The molecule has 0 aliphatic heterocycles. The zero-order valence-corrected chi connectivity index (χ0v) is 14.4. The highest BCUT2D eigenvalue weighted by Crippen LogP contribution is 2.24. The molecule has 0 heterocycles. The topological polar surface area (TPSA) is 49.8 Å². The number of carboxylic acids is 1. The number of benzene rings is 1. The van der Waals surface area contributed by atoms with Crippen molar-refractivity contribution in [2.45, 2.75) is 39.2 Å².